The third kappa shape index (κ3) is 3.20. The number of aliphatic carboxylic acids is 1. The van der Waals surface area contributed by atoms with Crippen LogP contribution in [0.5, 0.6) is 0 Å². The van der Waals surface area contributed by atoms with Crippen LogP contribution in [0.15, 0.2) is 0 Å². The zero-order valence-corrected chi connectivity index (χ0v) is 9.95. The first kappa shape index (κ1) is 12.5. The maximum absolute atomic E-state index is 11.1. The number of ether oxygens (including phenoxy) is 1. The molecule has 3 nitrogen and oxygen atoms in total. The van der Waals surface area contributed by atoms with Crippen LogP contribution in [0.4, 0.5) is 0 Å². The molecule has 1 aliphatic rings. The van der Waals surface area contributed by atoms with Crippen molar-refractivity contribution in [1.29, 1.82) is 0 Å². The molecule has 1 atom stereocenters. The quantitative estimate of drug-likeness (QED) is 0.782. The van der Waals surface area contributed by atoms with Gasteiger partial charge < -0.3 is 9.84 Å². The van der Waals surface area contributed by atoms with Gasteiger partial charge in [-0.2, -0.15) is 0 Å². The van der Waals surface area contributed by atoms with E-state index >= 15 is 0 Å². The monoisotopic (exact) mass is 214 g/mol. The van der Waals surface area contributed by atoms with Crippen molar-refractivity contribution in [2.75, 3.05) is 0 Å². The molecular weight excluding hydrogens is 192 g/mol. The second-order valence-corrected chi connectivity index (χ2v) is 4.89. The standard InChI is InChI=1S/C12H22O3/c1-4-12(3,11(13)14)15-10-7-5-9(2)6-8-10/h9-10H,4-8H2,1-3H3,(H,13,14). The van der Waals surface area contributed by atoms with Gasteiger partial charge in [-0.25, -0.2) is 4.79 Å². The fourth-order valence-electron chi connectivity index (χ4n) is 2.00. The minimum atomic E-state index is -0.995. The van der Waals surface area contributed by atoms with Gasteiger partial charge in [0.2, 0.25) is 0 Å². The molecule has 88 valence electrons. The van der Waals surface area contributed by atoms with E-state index in [0.717, 1.165) is 31.6 Å². The third-order valence-corrected chi connectivity index (χ3v) is 3.52. The van der Waals surface area contributed by atoms with Gasteiger partial charge in [0, 0.05) is 0 Å². The van der Waals surface area contributed by atoms with Crippen LogP contribution < -0.4 is 0 Å². The van der Waals surface area contributed by atoms with E-state index in [1.807, 2.05) is 6.92 Å². The lowest BCUT2D eigenvalue weighted by Gasteiger charge is -2.33. The van der Waals surface area contributed by atoms with Crippen LogP contribution in [0.25, 0.3) is 0 Å². The summed E-state index contributed by atoms with van der Waals surface area (Å²) in [5, 5.41) is 9.09. The molecule has 1 unspecified atom stereocenters. The predicted molar refractivity (Wildman–Crippen MR) is 58.8 cm³/mol. The second-order valence-electron chi connectivity index (χ2n) is 4.89. The number of hydrogen-bond acceptors (Lipinski definition) is 2. The Bertz CT molecular complexity index is 219. The van der Waals surface area contributed by atoms with E-state index in [1.165, 1.54) is 0 Å². The Morgan fingerprint density at radius 1 is 1.40 bits per heavy atom. The first-order valence-corrected chi connectivity index (χ1v) is 5.89. The number of rotatable bonds is 4. The normalized spacial score (nSPS) is 30.9. The molecular formula is C12H22O3. The minimum Gasteiger partial charge on any atom is -0.479 e. The predicted octanol–water partition coefficient (Wildman–Crippen LogP) is 2.84. The van der Waals surface area contributed by atoms with Gasteiger partial charge in [-0.15, -0.1) is 0 Å². The van der Waals surface area contributed by atoms with E-state index in [4.69, 9.17) is 9.84 Å². The molecule has 0 radical (unpaired) electrons. The Morgan fingerprint density at radius 3 is 2.33 bits per heavy atom. The summed E-state index contributed by atoms with van der Waals surface area (Å²) in [6.45, 7) is 5.78. The average molecular weight is 214 g/mol. The van der Waals surface area contributed by atoms with Crippen molar-refractivity contribution < 1.29 is 14.6 Å². The lowest BCUT2D eigenvalue weighted by molar-refractivity contribution is -0.174. The SMILES string of the molecule is CCC(C)(OC1CCC(C)CC1)C(=O)O. The Hall–Kier alpha value is -0.570. The fourth-order valence-corrected chi connectivity index (χ4v) is 2.00. The molecule has 1 aliphatic carbocycles. The molecule has 0 aromatic rings. The molecule has 1 saturated carbocycles. The zero-order chi connectivity index (χ0) is 11.5. The maximum Gasteiger partial charge on any atom is 0.335 e. The van der Waals surface area contributed by atoms with Crippen LogP contribution in [-0.4, -0.2) is 22.8 Å². The van der Waals surface area contributed by atoms with Crippen LogP contribution >= 0.6 is 0 Å². The number of carbonyl (C=O) groups is 1. The van der Waals surface area contributed by atoms with Crippen LogP contribution in [-0.2, 0) is 9.53 Å². The molecule has 3 heteroatoms. The largest absolute Gasteiger partial charge is 0.479 e. The molecule has 0 spiro atoms. The molecule has 0 aromatic heterocycles. The van der Waals surface area contributed by atoms with Gasteiger partial charge >= 0.3 is 5.97 Å². The Balaban J connectivity index is 2.49. The first-order valence-electron chi connectivity index (χ1n) is 5.89. The minimum absolute atomic E-state index is 0.141. The molecule has 0 heterocycles. The van der Waals surface area contributed by atoms with E-state index in [1.54, 1.807) is 6.92 Å². The van der Waals surface area contributed by atoms with Crippen LogP contribution in [0.1, 0.15) is 52.9 Å². The van der Waals surface area contributed by atoms with Crippen molar-refractivity contribution in [2.45, 2.75) is 64.6 Å². The third-order valence-electron chi connectivity index (χ3n) is 3.52. The molecule has 0 aliphatic heterocycles. The smallest absolute Gasteiger partial charge is 0.335 e. The lowest BCUT2D eigenvalue weighted by Crippen LogP contribution is -2.42. The number of carboxylic acids is 1. The van der Waals surface area contributed by atoms with E-state index in [9.17, 15) is 4.79 Å². The summed E-state index contributed by atoms with van der Waals surface area (Å²) in [4.78, 5) is 11.1. The van der Waals surface area contributed by atoms with E-state index in [0.29, 0.717) is 6.42 Å². The lowest BCUT2D eigenvalue weighted by atomic mass is 9.88. The van der Waals surface area contributed by atoms with Gasteiger partial charge in [-0.05, 0) is 44.9 Å². The molecule has 0 saturated heterocycles. The van der Waals surface area contributed by atoms with E-state index < -0.39 is 11.6 Å². The van der Waals surface area contributed by atoms with Gasteiger partial charge in [0.25, 0.3) is 0 Å². The van der Waals surface area contributed by atoms with Crippen molar-refractivity contribution in [3.63, 3.8) is 0 Å². The summed E-state index contributed by atoms with van der Waals surface area (Å²) in [7, 11) is 0. The molecule has 1 fully saturated rings. The van der Waals surface area contributed by atoms with Gasteiger partial charge in [0.05, 0.1) is 6.10 Å². The summed E-state index contributed by atoms with van der Waals surface area (Å²) < 4.78 is 5.74. The summed E-state index contributed by atoms with van der Waals surface area (Å²) in [5.74, 6) is -0.0776. The van der Waals surface area contributed by atoms with Crippen molar-refractivity contribution in [1.82, 2.24) is 0 Å². The molecule has 0 aromatic carbocycles. The highest BCUT2D eigenvalue weighted by molar-refractivity contribution is 5.76. The highest BCUT2D eigenvalue weighted by Crippen LogP contribution is 2.29. The van der Waals surface area contributed by atoms with Crippen molar-refractivity contribution >= 4 is 5.97 Å². The van der Waals surface area contributed by atoms with Crippen LogP contribution in [0, 0.1) is 5.92 Å². The topological polar surface area (TPSA) is 46.5 Å². The molecule has 0 amide bonds. The van der Waals surface area contributed by atoms with Gasteiger partial charge in [-0.1, -0.05) is 13.8 Å². The summed E-state index contributed by atoms with van der Waals surface area (Å²) >= 11 is 0. The van der Waals surface area contributed by atoms with Crippen LogP contribution in [0.2, 0.25) is 0 Å². The Labute approximate surface area is 91.8 Å². The van der Waals surface area contributed by atoms with Gasteiger partial charge in [-0.3, -0.25) is 0 Å². The molecule has 0 bridgehead atoms. The second kappa shape index (κ2) is 4.97. The summed E-state index contributed by atoms with van der Waals surface area (Å²) in [6, 6.07) is 0. The summed E-state index contributed by atoms with van der Waals surface area (Å²) in [6.07, 6.45) is 4.98. The summed E-state index contributed by atoms with van der Waals surface area (Å²) in [5.41, 5.74) is -0.995. The van der Waals surface area contributed by atoms with Crippen molar-refractivity contribution in [3.05, 3.63) is 0 Å². The van der Waals surface area contributed by atoms with E-state index in [-0.39, 0.29) is 6.10 Å². The van der Waals surface area contributed by atoms with Crippen molar-refractivity contribution in [3.8, 4) is 0 Å². The van der Waals surface area contributed by atoms with Crippen LogP contribution in [0.3, 0.4) is 0 Å². The Morgan fingerprint density at radius 2 is 1.93 bits per heavy atom. The van der Waals surface area contributed by atoms with Gasteiger partial charge in [0.1, 0.15) is 0 Å². The highest BCUT2D eigenvalue weighted by atomic mass is 16.5. The molecule has 15 heavy (non-hydrogen) atoms. The number of carboxylic acid groups (broad SMARTS) is 1. The average Bonchev–Trinajstić information content (AvgIpc) is 2.21. The first-order chi connectivity index (χ1) is 6.98. The zero-order valence-electron chi connectivity index (χ0n) is 9.95. The molecule has 1 rings (SSSR count). The number of hydrogen-bond donors (Lipinski definition) is 1. The Kier molecular flexibility index (Phi) is 4.14. The van der Waals surface area contributed by atoms with Crippen molar-refractivity contribution in [2.24, 2.45) is 5.92 Å². The molecule has 1 N–H and O–H groups in total. The van der Waals surface area contributed by atoms with Gasteiger partial charge in [0.15, 0.2) is 5.60 Å². The fraction of sp³-hybridized carbons (Fsp3) is 0.917. The van der Waals surface area contributed by atoms with E-state index in [2.05, 4.69) is 6.92 Å². The highest BCUT2D eigenvalue weighted by Gasteiger charge is 2.35. The maximum atomic E-state index is 11.1.